The Morgan fingerprint density at radius 1 is 0.949 bits per heavy atom. The summed E-state index contributed by atoms with van der Waals surface area (Å²) in [5.41, 5.74) is -0.776. The molecule has 9 nitrogen and oxygen atoms in total. The molecule has 39 heavy (non-hydrogen) atoms. The minimum atomic E-state index is -0.776. The van der Waals surface area contributed by atoms with Crippen LogP contribution >= 0.6 is 0 Å². The van der Waals surface area contributed by atoms with Crippen molar-refractivity contribution in [2.24, 2.45) is 11.8 Å². The lowest BCUT2D eigenvalue weighted by molar-refractivity contribution is -0.144. The molecular weight excluding hydrogens is 498 g/mol. The number of carbonyl (C=O) groups excluding carboxylic acids is 3. The molecule has 1 aliphatic heterocycles. The van der Waals surface area contributed by atoms with Crippen LogP contribution in [0.5, 0.6) is 0 Å². The van der Waals surface area contributed by atoms with Crippen LogP contribution in [-0.4, -0.2) is 79.0 Å². The van der Waals surface area contributed by atoms with E-state index in [2.05, 4.69) is 29.4 Å². The fourth-order valence-corrected chi connectivity index (χ4v) is 5.95. The molecule has 0 radical (unpaired) electrons. The van der Waals surface area contributed by atoms with E-state index in [1.54, 1.807) is 0 Å². The summed E-state index contributed by atoms with van der Waals surface area (Å²) in [6.45, 7) is 11.6. The topological polar surface area (TPSA) is 106 Å². The second-order valence-electron chi connectivity index (χ2n) is 12.6. The van der Waals surface area contributed by atoms with E-state index in [0.717, 1.165) is 70.8 Å². The van der Waals surface area contributed by atoms with Crippen LogP contribution in [0.2, 0.25) is 0 Å². The van der Waals surface area contributed by atoms with E-state index in [1.807, 2.05) is 13.8 Å². The minimum Gasteiger partial charge on any atom is -0.462 e. The molecule has 0 aromatic rings. The molecule has 0 aromatic heterocycles. The molecule has 2 N–H and O–H groups in total. The summed E-state index contributed by atoms with van der Waals surface area (Å²) in [6.07, 6.45) is 11.0. The van der Waals surface area contributed by atoms with E-state index in [4.69, 9.17) is 14.2 Å². The monoisotopic (exact) mass is 551 g/mol. The molecule has 224 valence electrons. The van der Waals surface area contributed by atoms with Crippen molar-refractivity contribution in [1.29, 1.82) is 0 Å². The van der Waals surface area contributed by atoms with Crippen LogP contribution in [0.15, 0.2) is 0 Å². The van der Waals surface area contributed by atoms with Crippen molar-refractivity contribution < 1.29 is 28.6 Å². The number of unbranched alkanes of at least 4 members (excludes halogenated alkanes) is 1. The normalized spacial score (nSPS) is 29.7. The summed E-state index contributed by atoms with van der Waals surface area (Å²) in [7, 11) is 0. The first-order valence-corrected chi connectivity index (χ1v) is 15.3. The van der Waals surface area contributed by atoms with E-state index in [-0.39, 0.29) is 30.6 Å². The summed E-state index contributed by atoms with van der Waals surface area (Å²) in [5.74, 6) is 1.05. The summed E-state index contributed by atoms with van der Waals surface area (Å²) in [5, 5.41) is 6.28. The molecule has 3 aliphatic rings. The highest BCUT2D eigenvalue weighted by Crippen LogP contribution is 2.35. The quantitative estimate of drug-likeness (QED) is 0.185. The zero-order valence-corrected chi connectivity index (χ0v) is 25.0. The van der Waals surface area contributed by atoms with Gasteiger partial charge in [0.2, 0.25) is 0 Å². The van der Waals surface area contributed by atoms with Crippen molar-refractivity contribution in [3.63, 3.8) is 0 Å². The Hall–Kier alpha value is -1.87. The van der Waals surface area contributed by atoms with Gasteiger partial charge >= 0.3 is 12.1 Å². The molecule has 2 saturated carbocycles. The highest BCUT2D eigenvalue weighted by molar-refractivity contribution is 5.84. The predicted molar refractivity (Wildman–Crippen MR) is 150 cm³/mol. The number of esters is 1. The lowest BCUT2D eigenvalue weighted by Gasteiger charge is -2.35. The Labute approximate surface area is 235 Å². The van der Waals surface area contributed by atoms with Crippen molar-refractivity contribution in [2.45, 2.75) is 135 Å². The molecule has 9 heteroatoms. The van der Waals surface area contributed by atoms with E-state index in [0.29, 0.717) is 31.0 Å². The standard InChI is InChI=1S/C30H53N3O6/c1-6-7-16-38-30(4,5)28(35)31-25-12-8-23(9-13-25)17-24-10-14-26(15-11-24)32-29(36)39-27(20-37-22(3)34)19-33-18-21(33)2/h21,23-27H,6-20H2,1-5H3,(H,31,35)(H,32,36). The van der Waals surface area contributed by atoms with E-state index >= 15 is 0 Å². The van der Waals surface area contributed by atoms with Gasteiger partial charge in [-0.1, -0.05) is 13.3 Å². The van der Waals surface area contributed by atoms with Gasteiger partial charge in [-0.3, -0.25) is 14.5 Å². The minimum absolute atomic E-state index is 0.00343. The SMILES string of the molecule is CCCCOC(C)(C)C(=O)NC1CCC(CC2CCC(NC(=O)OC(COC(C)=O)CN3CC3C)CC2)CC1. The summed E-state index contributed by atoms with van der Waals surface area (Å²) in [6, 6.07) is 0.873. The number of rotatable bonds is 14. The number of alkyl carbamates (subject to hydrolysis) is 1. The lowest BCUT2D eigenvalue weighted by atomic mass is 9.75. The highest BCUT2D eigenvalue weighted by Gasteiger charge is 2.34. The first kappa shape index (κ1) is 31.7. The Balaban J connectivity index is 1.30. The molecule has 3 rings (SSSR count). The lowest BCUT2D eigenvalue weighted by Crippen LogP contribution is -2.49. The number of hydrogen-bond acceptors (Lipinski definition) is 7. The first-order valence-electron chi connectivity index (χ1n) is 15.3. The maximum absolute atomic E-state index is 12.7. The largest absolute Gasteiger partial charge is 0.462 e. The number of carbonyl (C=O) groups is 3. The Bertz CT molecular complexity index is 790. The second-order valence-corrected chi connectivity index (χ2v) is 12.6. The summed E-state index contributed by atoms with van der Waals surface area (Å²) in [4.78, 5) is 38.7. The van der Waals surface area contributed by atoms with Crippen LogP contribution in [0.25, 0.3) is 0 Å². The molecule has 3 atom stereocenters. The predicted octanol–water partition coefficient (Wildman–Crippen LogP) is 4.57. The number of ether oxygens (including phenoxy) is 3. The third-order valence-corrected chi connectivity index (χ3v) is 8.70. The van der Waals surface area contributed by atoms with Gasteiger partial charge in [0.05, 0.1) is 0 Å². The third kappa shape index (κ3) is 11.3. The second kappa shape index (κ2) is 15.2. The molecule has 0 spiro atoms. The van der Waals surface area contributed by atoms with Crippen LogP contribution in [0.3, 0.4) is 0 Å². The highest BCUT2D eigenvalue weighted by atomic mass is 16.6. The average molecular weight is 552 g/mol. The number of hydrogen-bond donors (Lipinski definition) is 2. The van der Waals surface area contributed by atoms with Gasteiger partial charge in [0.1, 0.15) is 12.2 Å². The maximum Gasteiger partial charge on any atom is 0.407 e. The molecular formula is C30H53N3O6. The average Bonchev–Trinajstić information content (AvgIpc) is 3.58. The van der Waals surface area contributed by atoms with E-state index in [9.17, 15) is 14.4 Å². The van der Waals surface area contributed by atoms with Gasteiger partial charge in [0, 0.05) is 44.7 Å². The van der Waals surface area contributed by atoms with Crippen LogP contribution in [0.4, 0.5) is 4.79 Å². The van der Waals surface area contributed by atoms with Gasteiger partial charge in [-0.05, 0) is 96.8 Å². The van der Waals surface area contributed by atoms with Crippen molar-refractivity contribution in [3.05, 3.63) is 0 Å². The summed E-state index contributed by atoms with van der Waals surface area (Å²) < 4.78 is 16.6. The Morgan fingerprint density at radius 3 is 2.03 bits per heavy atom. The molecule has 1 saturated heterocycles. The van der Waals surface area contributed by atoms with Crippen molar-refractivity contribution in [1.82, 2.24) is 15.5 Å². The van der Waals surface area contributed by atoms with Gasteiger partial charge in [-0.15, -0.1) is 0 Å². The van der Waals surface area contributed by atoms with Crippen molar-refractivity contribution >= 4 is 18.0 Å². The molecule has 3 fully saturated rings. The zero-order chi connectivity index (χ0) is 28.4. The molecule has 0 bridgehead atoms. The Kier molecular flexibility index (Phi) is 12.4. The van der Waals surface area contributed by atoms with Gasteiger partial charge < -0.3 is 24.8 Å². The van der Waals surface area contributed by atoms with Gasteiger partial charge in [0.15, 0.2) is 6.10 Å². The van der Waals surface area contributed by atoms with E-state index < -0.39 is 17.8 Å². The van der Waals surface area contributed by atoms with Crippen LogP contribution in [0.1, 0.15) is 105 Å². The van der Waals surface area contributed by atoms with E-state index in [1.165, 1.54) is 13.3 Å². The van der Waals surface area contributed by atoms with Gasteiger partial charge in [-0.2, -0.15) is 0 Å². The number of nitrogens with zero attached hydrogens (tertiary/aromatic N) is 1. The maximum atomic E-state index is 12.7. The molecule has 2 aliphatic carbocycles. The molecule has 1 heterocycles. The third-order valence-electron chi connectivity index (χ3n) is 8.70. The zero-order valence-electron chi connectivity index (χ0n) is 25.0. The number of nitrogens with one attached hydrogen (secondary N) is 2. The van der Waals surface area contributed by atoms with Gasteiger partial charge in [-0.25, -0.2) is 4.79 Å². The molecule has 0 aromatic carbocycles. The van der Waals surface area contributed by atoms with Crippen molar-refractivity contribution in [2.75, 3.05) is 26.3 Å². The van der Waals surface area contributed by atoms with Crippen LogP contribution < -0.4 is 10.6 Å². The van der Waals surface area contributed by atoms with Crippen molar-refractivity contribution in [3.8, 4) is 0 Å². The summed E-state index contributed by atoms with van der Waals surface area (Å²) >= 11 is 0. The van der Waals surface area contributed by atoms with Crippen LogP contribution in [0, 0.1) is 11.8 Å². The molecule has 3 unspecified atom stereocenters. The molecule has 2 amide bonds. The van der Waals surface area contributed by atoms with Gasteiger partial charge in [0.25, 0.3) is 5.91 Å². The Morgan fingerprint density at radius 2 is 1.51 bits per heavy atom. The fourth-order valence-electron chi connectivity index (χ4n) is 5.95. The number of amides is 2. The smallest absolute Gasteiger partial charge is 0.407 e. The first-order chi connectivity index (χ1) is 18.6. The fraction of sp³-hybridized carbons (Fsp3) is 0.900. The van der Waals surface area contributed by atoms with Crippen LogP contribution in [-0.2, 0) is 23.8 Å².